The minimum absolute atomic E-state index is 0.259. The second-order valence-electron chi connectivity index (χ2n) is 7.47. The zero-order valence-electron chi connectivity index (χ0n) is 15.5. The smallest absolute Gasteiger partial charge is 0.0844 e. The molecule has 144 valence electrons. The highest BCUT2D eigenvalue weighted by molar-refractivity contribution is 5.15. The number of aryl methyl sites for hydroxylation is 1. The number of hydrogen-bond donors (Lipinski definition) is 2. The molecule has 26 heavy (non-hydrogen) atoms. The number of epoxide rings is 2. The van der Waals surface area contributed by atoms with Gasteiger partial charge in [0.15, 0.2) is 0 Å². The number of ether oxygens (including phenoxy) is 2. The number of benzene rings is 1. The fourth-order valence-corrected chi connectivity index (χ4v) is 3.56. The van der Waals surface area contributed by atoms with Gasteiger partial charge in [-0.3, -0.25) is 0 Å². The fraction of sp³-hybridized carbons (Fsp3) is 0.636. The van der Waals surface area contributed by atoms with E-state index < -0.39 is 0 Å². The Kier molecular flexibility index (Phi) is 7.69. The quantitative estimate of drug-likeness (QED) is 0.418. The lowest BCUT2D eigenvalue weighted by Gasteiger charge is -2.05. The van der Waals surface area contributed by atoms with E-state index in [1.54, 1.807) is 0 Å². The highest BCUT2D eigenvalue weighted by atomic mass is 16.6. The summed E-state index contributed by atoms with van der Waals surface area (Å²) >= 11 is 0. The number of aliphatic hydroxyl groups excluding tert-OH is 2. The Bertz CT molecular complexity index is 544. The van der Waals surface area contributed by atoms with Gasteiger partial charge in [0.1, 0.15) is 0 Å². The van der Waals surface area contributed by atoms with Crippen LogP contribution >= 0.6 is 0 Å². The van der Waals surface area contributed by atoms with Crippen LogP contribution in [0.15, 0.2) is 42.5 Å². The van der Waals surface area contributed by atoms with Gasteiger partial charge in [0.25, 0.3) is 0 Å². The molecule has 4 nitrogen and oxygen atoms in total. The minimum atomic E-state index is -0.367. The van der Waals surface area contributed by atoms with Crippen LogP contribution in [0.25, 0.3) is 0 Å². The molecular weight excluding hydrogens is 328 g/mol. The van der Waals surface area contributed by atoms with Gasteiger partial charge in [0.05, 0.1) is 30.5 Å². The van der Waals surface area contributed by atoms with E-state index in [1.807, 2.05) is 24.3 Å². The average molecular weight is 360 g/mol. The van der Waals surface area contributed by atoms with Gasteiger partial charge >= 0.3 is 0 Å². The molecule has 0 radical (unpaired) electrons. The van der Waals surface area contributed by atoms with E-state index in [0.717, 1.165) is 51.4 Å². The van der Waals surface area contributed by atoms with Crippen LogP contribution in [-0.2, 0) is 15.9 Å². The van der Waals surface area contributed by atoms with E-state index in [2.05, 4.69) is 18.2 Å². The Morgan fingerprint density at radius 3 is 2.27 bits per heavy atom. The van der Waals surface area contributed by atoms with Gasteiger partial charge in [0, 0.05) is 6.61 Å². The Labute approximate surface area is 156 Å². The molecule has 0 amide bonds. The van der Waals surface area contributed by atoms with E-state index in [1.165, 1.54) is 5.56 Å². The van der Waals surface area contributed by atoms with Gasteiger partial charge in [-0.1, -0.05) is 42.5 Å². The van der Waals surface area contributed by atoms with Crippen molar-refractivity contribution in [3.63, 3.8) is 0 Å². The van der Waals surface area contributed by atoms with Gasteiger partial charge in [-0.15, -0.1) is 0 Å². The standard InChI is InChI=1S/C22H32O4/c23-16-6-11-20-22(26-20)15-14-21-19(25-21)10-5-4-9-18(24)13-12-17-7-2-1-3-8-17/h1-4,7-9,18-24H,5-6,10-16H2/b9-4+/t18-,19-,20-,21-,22-/m1/s1. The van der Waals surface area contributed by atoms with Crippen LogP contribution in [0.5, 0.6) is 0 Å². The second-order valence-corrected chi connectivity index (χ2v) is 7.47. The number of allylic oxidation sites excluding steroid dienone is 1. The van der Waals surface area contributed by atoms with E-state index in [9.17, 15) is 5.11 Å². The first kappa shape index (κ1) is 19.6. The molecule has 4 heteroatoms. The molecule has 0 aromatic heterocycles. The molecule has 0 aliphatic carbocycles. The Hall–Kier alpha value is -1.20. The van der Waals surface area contributed by atoms with Crippen LogP contribution in [0, 0.1) is 0 Å². The molecule has 2 heterocycles. The van der Waals surface area contributed by atoms with Gasteiger partial charge in [-0.25, -0.2) is 0 Å². The normalized spacial score (nSPS) is 28.4. The SMILES string of the molecule is OCCC[C@H]1O[C@@H]1CC[C@H]1O[C@@H]1CC/C=C/[C@@H](O)CCc1ccccc1. The highest BCUT2D eigenvalue weighted by Crippen LogP contribution is 2.36. The van der Waals surface area contributed by atoms with Crippen LogP contribution in [-0.4, -0.2) is 47.3 Å². The summed E-state index contributed by atoms with van der Waals surface area (Å²) in [4.78, 5) is 0. The van der Waals surface area contributed by atoms with Crippen molar-refractivity contribution < 1.29 is 19.7 Å². The van der Waals surface area contributed by atoms with Crippen molar-refractivity contribution in [2.45, 2.75) is 81.9 Å². The second kappa shape index (κ2) is 10.2. The summed E-state index contributed by atoms with van der Waals surface area (Å²) < 4.78 is 11.3. The molecule has 1 aromatic rings. The summed E-state index contributed by atoms with van der Waals surface area (Å²) in [5, 5.41) is 18.8. The first-order valence-corrected chi connectivity index (χ1v) is 10.1. The lowest BCUT2D eigenvalue weighted by atomic mass is 10.0. The molecule has 0 spiro atoms. The largest absolute Gasteiger partial charge is 0.396 e. The van der Waals surface area contributed by atoms with Crippen molar-refractivity contribution in [1.29, 1.82) is 0 Å². The van der Waals surface area contributed by atoms with Crippen molar-refractivity contribution in [2.75, 3.05) is 6.61 Å². The van der Waals surface area contributed by atoms with Crippen molar-refractivity contribution in [1.82, 2.24) is 0 Å². The third-order valence-electron chi connectivity index (χ3n) is 5.31. The monoisotopic (exact) mass is 360 g/mol. The first-order chi connectivity index (χ1) is 12.8. The molecule has 2 aliphatic rings. The minimum Gasteiger partial charge on any atom is -0.396 e. The topological polar surface area (TPSA) is 65.5 Å². The molecule has 2 fully saturated rings. The van der Waals surface area contributed by atoms with Crippen molar-refractivity contribution in [2.24, 2.45) is 0 Å². The highest BCUT2D eigenvalue weighted by Gasteiger charge is 2.42. The molecule has 2 aliphatic heterocycles. The molecule has 5 atom stereocenters. The summed E-state index contributed by atoms with van der Waals surface area (Å²) in [6, 6.07) is 10.3. The molecule has 3 rings (SSSR count). The summed E-state index contributed by atoms with van der Waals surface area (Å²) in [7, 11) is 0. The zero-order valence-corrected chi connectivity index (χ0v) is 15.5. The van der Waals surface area contributed by atoms with Crippen LogP contribution in [0.3, 0.4) is 0 Å². The van der Waals surface area contributed by atoms with E-state index in [-0.39, 0.29) is 12.7 Å². The molecule has 0 bridgehead atoms. The third kappa shape index (κ3) is 6.84. The molecule has 0 saturated carbocycles. The van der Waals surface area contributed by atoms with E-state index >= 15 is 0 Å². The lowest BCUT2D eigenvalue weighted by molar-refractivity contribution is 0.212. The maximum atomic E-state index is 10.0. The predicted octanol–water partition coefficient (Wildman–Crippen LogP) is 3.40. The van der Waals surface area contributed by atoms with Gasteiger partial charge in [0.2, 0.25) is 0 Å². The molecular formula is C22H32O4. The molecule has 1 aromatic carbocycles. The van der Waals surface area contributed by atoms with Crippen molar-refractivity contribution in [3.05, 3.63) is 48.0 Å². The average Bonchev–Trinajstić information content (AvgIpc) is 3.57. The summed E-state index contributed by atoms with van der Waals surface area (Å²) in [5.41, 5.74) is 1.27. The summed E-state index contributed by atoms with van der Waals surface area (Å²) in [5.74, 6) is 0. The molecule has 2 N–H and O–H groups in total. The van der Waals surface area contributed by atoms with Crippen LogP contribution in [0.2, 0.25) is 0 Å². The Balaban J connectivity index is 1.19. The van der Waals surface area contributed by atoms with Gasteiger partial charge in [-0.05, 0) is 56.9 Å². The Morgan fingerprint density at radius 1 is 0.923 bits per heavy atom. The van der Waals surface area contributed by atoms with Gasteiger partial charge in [-0.2, -0.15) is 0 Å². The van der Waals surface area contributed by atoms with Crippen LogP contribution in [0.1, 0.15) is 50.5 Å². The zero-order chi connectivity index (χ0) is 18.2. The number of hydrogen-bond acceptors (Lipinski definition) is 4. The summed E-state index contributed by atoms with van der Waals surface area (Å²) in [6.07, 6.45) is 12.8. The fourth-order valence-electron chi connectivity index (χ4n) is 3.56. The first-order valence-electron chi connectivity index (χ1n) is 10.1. The molecule has 2 saturated heterocycles. The van der Waals surface area contributed by atoms with Crippen molar-refractivity contribution in [3.8, 4) is 0 Å². The third-order valence-corrected chi connectivity index (χ3v) is 5.31. The number of aliphatic hydroxyl groups is 2. The lowest BCUT2D eigenvalue weighted by Crippen LogP contribution is -2.04. The van der Waals surface area contributed by atoms with E-state index in [4.69, 9.17) is 14.6 Å². The summed E-state index contributed by atoms with van der Waals surface area (Å²) in [6.45, 7) is 0.259. The number of rotatable bonds is 13. The van der Waals surface area contributed by atoms with Crippen LogP contribution < -0.4 is 0 Å². The molecule has 0 unspecified atom stereocenters. The Morgan fingerprint density at radius 2 is 1.58 bits per heavy atom. The predicted molar refractivity (Wildman–Crippen MR) is 102 cm³/mol. The van der Waals surface area contributed by atoms with E-state index in [0.29, 0.717) is 24.4 Å². The van der Waals surface area contributed by atoms with Crippen molar-refractivity contribution >= 4 is 0 Å². The maximum Gasteiger partial charge on any atom is 0.0844 e. The van der Waals surface area contributed by atoms with Crippen LogP contribution in [0.4, 0.5) is 0 Å². The maximum absolute atomic E-state index is 10.0. The van der Waals surface area contributed by atoms with Gasteiger partial charge < -0.3 is 19.7 Å².